The number of nitrogens with one attached hydrogen (secondary N) is 1. The summed E-state index contributed by atoms with van der Waals surface area (Å²) in [5, 5.41) is 26.8. The molecular formula is C37H59NO7. The van der Waals surface area contributed by atoms with Crippen molar-refractivity contribution in [1.82, 2.24) is 5.32 Å². The van der Waals surface area contributed by atoms with Crippen LogP contribution in [0, 0.1) is 50.7 Å². The summed E-state index contributed by atoms with van der Waals surface area (Å²) < 4.78 is 18.8. The van der Waals surface area contributed by atoms with Gasteiger partial charge in [0.2, 0.25) is 0 Å². The van der Waals surface area contributed by atoms with Crippen LogP contribution in [-0.2, 0) is 23.8 Å². The fourth-order valence-corrected chi connectivity index (χ4v) is 13.7. The van der Waals surface area contributed by atoms with Gasteiger partial charge in [0, 0.05) is 17.8 Å². The highest BCUT2D eigenvalue weighted by molar-refractivity contribution is 5.76. The summed E-state index contributed by atoms with van der Waals surface area (Å²) in [5.41, 5.74) is -1.25. The fourth-order valence-electron chi connectivity index (χ4n) is 13.7. The van der Waals surface area contributed by atoms with Crippen LogP contribution in [0.15, 0.2) is 0 Å². The number of fused-ring (bicyclic) bond motifs is 4. The molecule has 0 aromatic heterocycles. The van der Waals surface area contributed by atoms with Crippen LogP contribution in [0.2, 0.25) is 0 Å². The predicted molar refractivity (Wildman–Crippen MR) is 169 cm³/mol. The lowest BCUT2D eigenvalue weighted by atomic mass is 9.41. The van der Waals surface area contributed by atoms with Crippen molar-refractivity contribution in [2.45, 2.75) is 162 Å². The van der Waals surface area contributed by atoms with Gasteiger partial charge in [0.25, 0.3) is 0 Å². The molecule has 8 unspecified atom stereocenters. The second kappa shape index (κ2) is 10.1. The van der Waals surface area contributed by atoms with E-state index in [4.69, 9.17) is 14.2 Å². The number of esters is 2. The van der Waals surface area contributed by atoms with Crippen molar-refractivity contribution >= 4 is 11.9 Å². The summed E-state index contributed by atoms with van der Waals surface area (Å²) in [4.78, 5) is 25.1. The van der Waals surface area contributed by atoms with Crippen LogP contribution in [0.5, 0.6) is 0 Å². The molecule has 7 aliphatic rings. The number of carbonyl (C=O) groups is 2. The second-order valence-corrected chi connectivity index (χ2v) is 18.3. The quantitative estimate of drug-likeness (QED) is 0.357. The Morgan fingerprint density at radius 2 is 1.69 bits per heavy atom. The van der Waals surface area contributed by atoms with Gasteiger partial charge in [-0.05, 0) is 125 Å². The van der Waals surface area contributed by atoms with Gasteiger partial charge >= 0.3 is 11.9 Å². The number of aliphatic hydroxyl groups is 2. The van der Waals surface area contributed by atoms with Crippen LogP contribution in [0.1, 0.15) is 120 Å². The monoisotopic (exact) mass is 629 g/mol. The number of carbonyl (C=O) groups excluding carboxylic acids is 2. The normalized spacial score (nSPS) is 51.9. The predicted octanol–water partition coefficient (Wildman–Crippen LogP) is 5.17. The van der Waals surface area contributed by atoms with Crippen LogP contribution >= 0.6 is 0 Å². The van der Waals surface area contributed by atoms with Gasteiger partial charge in [-0.2, -0.15) is 0 Å². The van der Waals surface area contributed by atoms with Crippen molar-refractivity contribution in [3.8, 4) is 0 Å². The maximum absolute atomic E-state index is 13.1. The number of rotatable bonds is 5. The minimum atomic E-state index is -1.26. The van der Waals surface area contributed by atoms with E-state index in [0.29, 0.717) is 18.3 Å². The molecule has 0 radical (unpaired) electrons. The van der Waals surface area contributed by atoms with Crippen molar-refractivity contribution < 1.29 is 34.0 Å². The third-order valence-corrected chi connectivity index (χ3v) is 15.7. The van der Waals surface area contributed by atoms with E-state index in [-0.39, 0.29) is 63.1 Å². The zero-order valence-corrected chi connectivity index (χ0v) is 29.0. The molecule has 7 fully saturated rings. The fraction of sp³-hybridized carbons (Fsp3) is 0.946. The first-order chi connectivity index (χ1) is 20.9. The molecule has 8 heteroatoms. The van der Waals surface area contributed by atoms with Crippen LogP contribution in [0.3, 0.4) is 0 Å². The third kappa shape index (κ3) is 4.22. The number of hydrogen-bond donors (Lipinski definition) is 3. The average molecular weight is 630 g/mol. The molecule has 0 bridgehead atoms. The minimum Gasteiger partial charge on any atom is -0.461 e. The summed E-state index contributed by atoms with van der Waals surface area (Å²) in [6.07, 6.45) is 8.02. The molecule has 2 saturated heterocycles. The van der Waals surface area contributed by atoms with E-state index >= 15 is 0 Å². The van der Waals surface area contributed by atoms with Crippen molar-refractivity contribution in [3.63, 3.8) is 0 Å². The summed E-state index contributed by atoms with van der Waals surface area (Å²) in [7, 11) is 0. The molecule has 5 saturated carbocycles. The van der Waals surface area contributed by atoms with Gasteiger partial charge in [-0.3, -0.25) is 9.59 Å². The standard InChI is InChI=1S/C37H59NO7/c1-20-18-23(30(33(5,6)42)43-21(2)39)44-28-27(20)34(7)15-16-37-19-36(37)14-13-26(45-31(41)22-10-9-17-38-22)32(3,4)24(36)11-12-25(37)35(34,8)29(28)40/h20,22-30,38,40,42H,9-19H2,1-8H3/t20-,22+,23?,24+,25?,26?,27+,28?,29+,30?,34?,35-,36?,37?/m1/s1. The highest BCUT2D eigenvalue weighted by Gasteiger charge is 2.84. The molecule has 3 N–H and O–H groups in total. The van der Waals surface area contributed by atoms with Gasteiger partial charge in [-0.15, -0.1) is 0 Å². The molecule has 14 atom stereocenters. The van der Waals surface area contributed by atoms with Crippen molar-refractivity contribution in [3.05, 3.63) is 0 Å². The van der Waals surface area contributed by atoms with Gasteiger partial charge in [-0.1, -0.05) is 34.6 Å². The van der Waals surface area contributed by atoms with E-state index in [2.05, 4.69) is 39.9 Å². The van der Waals surface area contributed by atoms with Crippen LogP contribution in [0.4, 0.5) is 0 Å². The van der Waals surface area contributed by atoms with Crippen LogP contribution < -0.4 is 5.32 Å². The van der Waals surface area contributed by atoms with Gasteiger partial charge in [0.1, 0.15) is 12.1 Å². The molecule has 7 rings (SSSR count). The molecule has 2 heterocycles. The molecule has 45 heavy (non-hydrogen) atoms. The van der Waals surface area contributed by atoms with Gasteiger partial charge in [0.05, 0.1) is 23.9 Å². The first kappa shape index (κ1) is 32.3. The molecule has 0 aromatic rings. The van der Waals surface area contributed by atoms with E-state index in [1.165, 1.54) is 19.8 Å². The van der Waals surface area contributed by atoms with E-state index < -0.39 is 29.9 Å². The Kier molecular flexibility index (Phi) is 7.29. The molecule has 5 aliphatic carbocycles. The van der Waals surface area contributed by atoms with Gasteiger partial charge in [-0.25, -0.2) is 0 Å². The van der Waals surface area contributed by atoms with E-state index in [0.717, 1.165) is 51.5 Å². The second-order valence-electron chi connectivity index (χ2n) is 18.3. The highest BCUT2D eigenvalue weighted by Crippen LogP contribution is 2.89. The minimum absolute atomic E-state index is 0.0475. The average Bonchev–Trinajstić information content (AvgIpc) is 3.21. The van der Waals surface area contributed by atoms with Crippen LogP contribution in [0.25, 0.3) is 0 Å². The molecular weight excluding hydrogens is 570 g/mol. The third-order valence-electron chi connectivity index (χ3n) is 15.7. The molecule has 8 nitrogen and oxygen atoms in total. The molecule has 0 amide bonds. The Hall–Kier alpha value is -1.22. The Morgan fingerprint density at radius 3 is 2.33 bits per heavy atom. The molecule has 2 aliphatic heterocycles. The topological polar surface area (TPSA) is 114 Å². The Bertz CT molecular complexity index is 1220. The summed E-state index contributed by atoms with van der Waals surface area (Å²) in [6.45, 7) is 17.4. The first-order valence-electron chi connectivity index (χ1n) is 18.1. The molecule has 0 aromatic carbocycles. The number of ether oxygens (including phenoxy) is 3. The summed E-state index contributed by atoms with van der Waals surface area (Å²) in [5.74, 6) is 0.883. The lowest BCUT2D eigenvalue weighted by Crippen LogP contribution is -2.60. The highest BCUT2D eigenvalue weighted by atomic mass is 16.6. The Balaban J connectivity index is 1.15. The first-order valence-corrected chi connectivity index (χ1v) is 18.1. The van der Waals surface area contributed by atoms with E-state index in [1.54, 1.807) is 13.8 Å². The maximum Gasteiger partial charge on any atom is 0.323 e. The van der Waals surface area contributed by atoms with Gasteiger partial charge in [0.15, 0.2) is 6.10 Å². The van der Waals surface area contributed by atoms with Crippen molar-refractivity contribution in [2.24, 2.45) is 50.7 Å². The summed E-state index contributed by atoms with van der Waals surface area (Å²) >= 11 is 0. The lowest BCUT2D eigenvalue weighted by Gasteiger charge is -2.63. The zero-order valence-electron chi connectivity index (χ0n) is 29.0. The Labute approximate surface area is 270 Å². The molecule has 254 valence electrons. The smallest absolute Gasteiger partial charge is 0.323 e. The van der Waals surface area contributed by atoms with E-state index in [9.17, 15) is 19.8 Å². The zero-order chi connectivity index (χ0) is 32.5. The molecule has 2 spiro atoms. The lowest BCUT2D eigenvalue weighted by molar-refractivity contribution is -0.216. The number of aliphatic hydroxyl groups excluding tert-OH is 1. The SMILES string of the molecule is CC(=O)OC(C1C[C@@H](C)[C@H]2C(O1)[C@H](O)[C@@]1(C)C3CC[C@H]4C(C)(C)C(OC(=O)[C@@H]5CCCN5)CCC45CC35CCC21C)C(C)(C)O. The van der Waals surface area contributed by atoms with Crippen LogP contribution in [-0.4, -0.2) is 70.9 Å². The van der Waals surface area contributed by atoms with E-state index in [1.807, 2.05) is 0 Å². The largest absolute Gasteiger partial charge is 0.461 e. The number of hydrogen-bond acceptors (Lipinski definition) is 8. The maximum atomic E-state index is 13.1. The van der Waals surface area contributed by atoms with Crippen molar-refractivity contribution in [2.75, 3.05) is 6.54 Å². The summed E-state index contributed by atoms with van der Waals surface area (Å²) in [6, 6.07) is -0.153. The van der Waals surface area contributed by atoms with Crippen molar-refractivity contribution in [1.29, 1.82) is 0 Å². The Morgan fingerprint density at radius 1 is 1.00 bits per heavy atom. The van der Waals surface area contributed by atoms with Gasteiger partial charge < -0.3 is 29.7 Å².